The van der Waals surface area contributed by atoms with E-state index in [1.165, 1.54) is 12.1 Å². The average molecular weight is 358 g/mol. The van der Waals surface area contributed by atoms with Crippen LogP contribution in [-0.2, 0) is 9.47 Å². The van der Waals surface area contributed by atoms with E-state index in [4.69, 9.17) is 9.47 Å². The molecule has 136 valence electrons. The fourth-order valence-electron chi connectivity index (χ4n) is 2.74. The Morgan fingerprint density at radius 1 is 0.808 bits per heavy atom. The first kappa shape index (κ1) is 17.4. The van der Waals surface area contributed by atoms with Crippen molar-refractivity contribution in [1.82, 2.24) is 0 Å². The van der Waals surface area contributed by atoms with Crippen molar-refractivity contribution in [3.8, 4) is 0 Å². The standard InChI is InChI=1S/C18H18N2O6/c1-3-25-17(21)11-5-7-13-14-8-6-12(18(22)26-4-2)10-16(14)20(24)19(23)15(13)9-11/h5-10,21-22H,3-4H2,1-2H3/b17-11-,18-12-. The van der Waals surface area contributed by atoms with Gasteiger partial charge in [0.25, 0.3) is 22.9 Å². The second-order valence-electron chi connectivity index (χ2n) is 5.49. The Hall–Kier alpha value is -3.42. The molecule has 0 saturated heterocycles. The van der Waals surface area contributed by atoms with Gasteiger partial charge in [0.2, 0.25) is 0 Å². The molecule has 2 aromatic carbocycles. The van der Waals surface area contributed by atoms with Crippen LogP contribution in [0.4, 0.5) is 0 Å². The van der Waals surface area contributed by atoms with Gasteiger partial charge in [-0.1, -0.05) is 0 Å². The minimum Gasteiger partial charge on any atom is -0.561 e. The van der Waals surface area contributed by atoms with Crippen molar-refractivity contribution in [3.05, 3.63) is 57.3 Å². The third-order valence-corrected chi connectivity index (χ3v) is 3.92. The van der Waals surface area contributed by atoms with Crippen molar-refractivity contribution < 1.29 is 29.4 Å². The minimum absolute atomic E-state index is 0.0852. The zero-order chi connectivity index (χ0) is 18.8. The summed E-state index contributed by atoms with van der Waals surface area (Å²) in [6, 6.07) is 9.22. The number of aliphatic hydroxyl groups is 2. The lowest BCUT2D eigenvalue weighted by molar-refractivity contribution is -1.16. The average Bonchev–Trinajstić information content (AvgIpc) is 2.65. The lowest BCUT2D eigenvalue weighted by Crippen LogP contribution is -2.61. The maximum Gasteiger partial charge on any atom is 0.296 e. The van der Waals surface area contributed by atoms with Crippen LogP contribution in [0.5, 0.6) is 0 Å². The molecule has 0 aliphatic heterocycles. The molecule has 0 aliphatic carbocycles. The molecular weight excluding hydrogens is 340 g/mol. The first-order valence-corrected chi connectivity index (χ1v) is 8.09. The molecule has 0 amide bonds. The first-order chi connectivity index (χ1) is 12.5. The van der Waals surface area contributed by atoms with Crippen molar-refractivity contribution in [3.63, 3.8) is 0 Å². The topological polar surface area (TPSA) is 113 Å². The predicted molar refractivity (Wildman–Crippen MR) is 93.9 cm³/mol. The van der Waals surface area contributed by atoms with E-state index < -0.39 is 0 Å². The number of fused-ring (bicyclic) bond motifs is 3. The van der Waals surface area contributed by atoms with Gasteiger partial charge in [0, 0.05) is 12.1 Å². The normalized spacial score (nSPS) is 13.6. The second kappa shape index (κ2) is 6.83. The van der Waals surface area contributed by atoms with Crippen LogP contribution in [0.15, 0.2) is 36.4 Å². The summed E-state index contributed by atoms with van der Waals surface area (Å²) in [6.07, 6.45) is 0. The molecule has 8 heteroatoms. The SMILES string of the molecule is CCO/C(O)=c1/ccc2c3cc/c(=C(\O)OCC)cc3[n+]([O-])[n+]([O-])c2c1. The molecule has 0 fully saturated rings. The predicted octanol–water partition coefficient (Wildman–Crippen LogP) is 0.580. The van der Waals surface area contributed by atoms with E-state index in [2.05, 4.69) is 0 Å². The Labute approximate surface area is 148 Å². The van der Waals surface area contributed by atoms with E-state index in [0.717, 1.165) is 0 Å². The summed E-state index contributed by atoms with van der Waals surface area (Å²) < 4.78 is 10.1. The molecular formula is C18H18N2O6. The van der Waals surface area contributed by atoms with Gasteiger partial charge < -0.3 is 30.1 Å². The van der Waals surface area contributed by atoms with Crippen LogP contribution in [0.2, 0.25) is 0 Å². The van der Waals surface area contributed by atoms with Crippen LogP contribution < -0.4 is 20.1 Å². The Morgan fingerprint density at radius 2 is 1.19 bits per heavy atom. The smallest absolute Gasteiger partial charge is 0.296 e. The third kappa shape index (κ3) is 2.85. The van der Waals surface area contributed by atoms with Crippen molar-refractivity contribution in [2.24, 2.45) is 0 Å². The number of hydrogen-bond acceptors (Lipinski definition) is 6. The summed E-state index contributed by atoms with van der Waals surface area (Å²) in [5.41, 5.74) is 0.170. The van der Waals surface area contributed by atoms with Gasteiger partial charge in [0.15, 0.2) is 0 Å². The number of benzene rings is 2. The van der Waals surface area contributed by atoms with Gasteiger partial charge in [0.1, 0.15) is 0 Å². The number of nitrogens with zero attached hydrogens (tertiary/aromatic N) is 2. The zero-order valence-corrected chi connectivity index (χ0v) is 14.3. The van der Waals surface area contributed by atoms with E-state index in [9.17, 15) is 20.6 Å². The molecule has 3 rings (SSSR count). The third-order valence-electron chi connectivity index (χ3n) is 3.92. The number of hydrogen-bond donors (Lipinski definition) is 2. The fourth-order valence-corrected chi connectivity index (χ4v) is 2.74. The molecule has 0 unspecified atom stereocenters. The minimum atomic E-state index is -0.321. The van der Waals surface area contributed by atoms with Crippen molar-refractivity contribution >= 4 is 33.7 Å². The molecule has 0 aliphatic rings. The molecule has 3 aromatic rings. The largest absolute Gasteiger partial charge is 0.561 e. The lowest BCUT2D eigenvalue weighted by Gasteiger charge is -2.06. The highest BCUT2D eigenvalue weighted by Crippen LogP contribution is 2.17. The maximum absolute atomic E-state index is 12.4. The van der Waals surface area contributed by atoms with Crippen molar-refractivity contribution in [2.45, 2.75) is 13.8 Å². The lowest BCUT2D eigenvalue weighted by atomic mass is 10.1. The number of aromatic nitrogens is 2. The van der Waals surface area contributed by atoms with E-state index in [-0.39, 0.29) is 45.8 Å². The summed E-state index contributed by atoms with van der Waals surface area (Å²) in [5.74, 6) is -0.642. The van der Waals surface area contributed by atoms with Crippen LogP contribution in [0.1, 0.15) is 13.8 Å². The van der Waals surface area contributed by atoms with Gasteiger partial charge in [-0.05, 0) is 38.1 Å². The Morgan fingerprint density at radius 3 is 1.54 bits per heavy atom. The fraction of sp³-hybridized carbons (Fsp3) is 0.222. The highest BCUT2D eigenvalue weighted by atomic mass is 16.6. The summed E-state index contributed by atoms with van der Waals surface area (Å²) >= 11 is 0. The van der Waals surface area contributed by atoms with Crippen LogP contribution >= 0.6 is 0 Å². The van der Waals surface area contributed by atoms with Crippen LogP contribution in [0.3, 0.4) is 0 Å². The summed E-state index contributed by atoms with van der Waals surface area (Å²) in [4.78, 5) is 0.365. The molecule has 0 atom stereocenters. The van der Waals surface area contributed by atoms with Crippen LogP contribution in [0.25, 0.3) is 33.7 Å². The zero-order valence-electron chi connectivity index (χ0n) is 14.3. The van der Waals surface area contributed by atoms with E-state index in [1.807, 2.05) is 0 Å². The number of ether oxygens (including phenoxy) is 2. The Kier molecular flexibility index (Phi) is 4.57. The number of aliphatic hydroxyl groups excluding tert-OH is 2. The van der Waals surface area contributed by atoms with Gasteiger partial charge in [-0.25, -0.2) is 0 Å². The second-order valence-corrected chi connectivity index (χ2v) is 5.49. The summed E-state index contributed by atoms with van der Waals surface area (Å²) in [7, 11) is 0. The molecule has 26 heavy (non-hydrogen) atoms. The quantitative estimate of drug-likeness (QED) is 0.401. The van der Waals surface area contributed by atoms with Gasteiger partial charge >= 0.3 is 0 Å². The summed E-state index contributed by atoms with van der Waals surface area (Å²) in [5, 5.41) is 46.2. The van der Waals surface area contributed by atoms with Gasteiger partial charge in [-0.3, -0.25) is 0 Å². The Balaban J connectivity index is 2.37. The molecule has 2 N–H and O–H groups in total. The highest BCUT2D eigenvalue weighted by molar-refractivity contribution is 6.01. The molecule has 0 bridgehead atoms. The van der Waals surface area contributed by atoms with Gasteiger partial charge in [-0.2, -0.15) is 0 Å². The van der Waals surface area contributed by atoms with E-state index in [0.29, 0.717) is 21.2 Å². The molecule has 0 saturated carbocycles. The van der Waals surface area contributed by atoms with Crippen molar-refractivity contribution in [1.29, 1.82) is 0 Å². The van der Waals surface area contributed by atoms with Gasteiger partial charge in [0.05, 0.1) is 44.1 Å². The molecule has 0 spiro atoms. The molecule has 1 heterocycles. The van der Waals surface area contributed by atoms with Gasteiger partial charge in [-0.15, -0.1) is 0 Å². The first-order valence-electron chi connectivity index (χ1n) is 8.09. The molecule has 1 aromatic heterocycles. The summed E-state index contributed by atoms with van der Waals surface area (Å²) in [6.45, 7) is 3.97. The van der Waals surface area contributed by atoms with Crippen LogP contribution in [-0.4, -0.2) is 23.4 Å². The molecule has 8 nitrogen and oxygen atoms in total. The van der Waals surface area contributed by atoms with E-state index in [1.54, 1.807) is 38.1 Å². The maximum atomic E-state index is 12.4. The number of rotatable bonds is 4. The highest BCUT2D eigenvalue weighted by Gasteiger charge is 2.21. The van der Waals surface area contributed by atoms with E-state index >= 15 is 0 Å². The van der Waals surface area contributed by atoms with Crippen molar-refractivity contribution in [2.75, 3.05) is 13.2 Å². The Bertz CT molecular complexity index is 1020. The van der Waals surface area contributed by atoms with Crippen LogP contribution in [0, 0.1) is 10.4 Å². The monoisotopic (exact) mass is 358 g/mol. The molecule has 0 radical (unpaired) electrons.